The first-order valence-corrected chi connectivity index (χ1v) is 3.85. The predicted octanol–water partition coefficient (Wildman–Crippen LogP) is 0.648. The van der Waals surface area contributed by atoms with Crippen LogP contribution in [0.15, 0.2) is 0 Å². The van der Waals surface area contributed by atoms with Crippen molar-refractivity contribution in [2.75, 3.05) is 6.54 Å². The molecule has 0 bridgehead atoms. The number of hydrogen-bond donors (Lipinski definition) is 2. The van der Waals surface area contributed by atoms with E-state index in [1.54, 1.807) is 13.8 Å². The molecule has 0 radical (unpaired) electrons. The Hall–Kier alpha value is -0.780. The van der Waals surface area contributed by atoms with Crippen LogP contribution in [-0.2, 0) is 4.79 Å². The molecule has 0 spiro atoms. The predicted molar refractivity (Wildman–Crippen MR) is 41.9 cm³/mol. The Bertz CT molecular complexity index is 179. The van der Waals surface area contributed by atoms with Gasteiger partial charge in [0.25, 0.3) is 0 Å². The number of hydrogen-bond acceptors (Lipinski definition) is 2. The van der Waals surface area contributed by atoms with E-state index in [9.17, 15) is 18.0 Å². The molecule has 0 heterocycles. The van der Waals surface area contributed by atoms with E-state index in [1.807, 2.05) is 0 Å². The van der Waals surface area contributed by atoms with Gasteiger partial charge in [-0.25, -0.2) is 0 Å². The molecule has 1 atom stereocenters. The smallest absolute Gasteiger partial charge is 0.354 e. The van der Waals surface area contributed by atoms with Gasteiger partial charge in [0.1, 0.15) is 6.04 Å². The van der Waals surface area contributed by atoms with Crippen molar-refractivity contribution in [3.63, 3.8) is 0 Å². The van der Waals surface area contributed by atoms with Crippen LogP contribution >= 0.6 is 0 Å². The quantitative estimate of drug-likeness (QED) is 0.699. The van der Waals surface area contributed by atoms with Crippen molar-refractivity contribution < 1.29 is 18.0 Å². The Morgan fingerprint density at radius 2 is 1.92 bits per heavy atom. The van der Waals surface area contributed by atoms with E-state index >= 15 is 0 Å². The summed E-state index contributed by atoms with van der Waals surface area (Å²) in [5, 5.41) is 2.10. The number of carbonyl (C=O) groups is 1. The average molecular weight is 198 g/mol. The third-order valence-electron chi connectivity index (χ3n) is 1.44. The maximum Gasteiger partial charge on any atom is 0.405 e. The van der Waals surface area contributed by atoms with Crippen LogP contribution < -0.4 is 11.1 Å². The lowest BCUT2D eigenvalue weighted by molar-refractivity contribution is -0.148. The fourth-order valence-corrected chi connectivity index (χ4v) is 0.530. The van der Waals surface area contributed by atoms with E-state index in [2.05, 4.69) is 5.32 Å². The first-order valence-electron chi connectivity index (χ1n) is 3.85. The molecule has 0 aromatic heterocycles. The van der Waals surface area contributed by atoms with Crippen LogP contribution in [0.4, 0.5) is 13.2 Å². The van der Waals surface area contributed by atoms with Crippen LogP contribution in [0.3, 0.4) is 0 Å². The van der Waals surface area contributed by atoms with E-state index < -0.39 is 24.7 Å². The molecule has 0 aliphatic rings. The molecule has 0 aliphatic heterocycles. The lowest BCUT2D eigenvalue weighted by atomic mass is 10.2. The second kappa shape index (κ2) is 4.45. The molecule has 1 amide bonds. The normalized spacial score (nSPS) is 14.4. The summed E-state index contributed by atoms with van der Waals surface area (Å²) in [6.45, 7) is 2.61. The minimum atomic E-state index is -4.45. The second-order valence-electron chi connectivity index (χ2n) is 3.05. The molecule has 6 heteroatoms. The van der Waals surface area contributed by atoms with Gasteiger partial charge in [0.2, 0.25) is 5.91 Å². The third kappa shape index (κ3) is 4.72. The number of amides is 1. The monoisotopic (exact) mass is 198 g/mol. The summed E-state index contributed by atoms with van der Waals surface area (Å²) >= 11 is 0. The molecule has 0 aromatic rings. The van der Waals surface area contributed by atoms with Crippen molar-refractivity contribution in [3.8, 4) is 0 Å². The Labute approximate surface area is 74.5 Å². The van der Waals surface area contributed by atoms with Gasteiger partial charge in [-0.05, 0) is 0 Å². The molecule has 78 valence electrons. The van der Waals surface area contributed by atoms with Gasteiger partial charge in [-0.2, -0.15) is 13.2 Å². The first kappa shape index (κ1) is 12.2. The highest BCUT2D eigenvalue weighted by Gasteiger charge is 2.36. The van der Waals surface area contributed by atoms with Gasteiger partial charge < -0.3 is 11.1 Å². The molecule has 3 nitrogen and oxygen atoms in total. The third-order valence-corrected chi connectivity index (χ3v) is 1.44. The number of nitrogens with one attached hydrogen (secondary N) is 1. The number of halogens is 3. The fourth-order valence-electron chi connectivity index (χ4n) is 0.530. The number of rotatable bonds is 3. The van der Waals surface area contributed by atoms with Gasteiger partial charge in [-0.3, -0.25) is 4.79 Å². The lowest BCUT2D eigenvalue weighted by Gasteiger charge is -2.16. The van der Waals surface area contributed by atoms with E-state index in [0.29, 0.717) is 0 Å². The molecular formula is C7H13F3N2O. The average Bonchev–Trinajstić information content (AvgIpc) is 1.97. The van der Waals surface area contributed by atoms with E-state index in [0.717, 1.165) is 0 Å². The van der Waals surface area contributed by atoms with Crippen LogP contribution in [0.25, 0.3) is 0 Å². The summed E-state index contributed by atoms with van der Waals surface area (Å²) in [7, 11) is 0. The molecule has 0 saturated carbocycles. The van der Waals surface area contributed by atoms with Crippen molar-refractivity contribution in [1.82, 2.24) is 5.32 Å². The number of alkyl halides is 3. The minimum Gasteiger partial charge on any atom is -0.354 e. The molecular weight excluding hydrogens is 185 g/mol. The highest BCUT2D eigenvalue weighted by atomic mass is 19.4. The highest BCUT2D eigenvalue weighted by molar-refractivity contribution is 5.77. The zero-order valence-electron chi connectivity index (χ0n) is 7.48. The molecule has 0 aliphatic carbocycles. The van der Waals surface area contributed by atoms with E-state index in [4.69, 9.17) is 5.73 Å². The lowest BCUT2D eigenvalue weighted by Crippen LogP contribution is -2.47. The van der Waals surface area contributed by atoms with Crippen LogP contribution in [-0.4, -0.2) is 24.7 Å². The zero-order valence-corrected chi connectivity index (χ0v) is 7.48. The molecule has 0 aromatic carbocycles. The van der Waals surface area contributed by atoms with Gasteiger partial charge in [-0.15, -0.1) is 0 Å². The van der Waals surface area contributed by atoms with Crippen molar-refractivity contribution in [3.05, 3.63) is 0 Å². The minimum absolute atomic E-state index is 0.333. The van der Waals surface area contributed by atoms with E-state index in [-0.39, 0.29) is 5.92 Å². The second-order valence-corrected chi connectivity index (χ2v) is 3.05. The van der Waals surface area contributed by atoms with Crippen molar-refractivity contribution >= 4 is 5.91 Å². The molecule has 0 rings (SSSR count). The fraction of sp³-hybridized carbons (Fsp3) is 0.857. The van der Waals surface area contributed by atoms with Gasteiger partial charge >= 0.3 is 6.18 Å². The molecule has 3 N–H and O–H groups in total. The highest BCUT2D eigenvalue weighted by Crippen LogP contribution is 2.17. The van der Waals surface area contributed by atoms with Crippen LogP contribution in [0, 0.1) is 5.92 Å². The van der Waals surface area contributed by atoms with Crippen molar-refractivity contribution in [2.45, 2.75) is 26.1 Å². The SMILES string of the molecule is CC(C)C(=O)NCC(N)C(F)(F)F. The summed E-state index contributed by atoms with van der Waals surface area (Å²) in [5.74, 6) is -0.764. The van der Waals surface area contributed by atoms with Crippen molar-refractivity contribution in [2.24, 2.45) is 11.7 Å². The van der Waals surface area contributed by atoms with Crippen LogP contribution in [0.1, 0.15) is 13.8 Å². The summed E-state index contributed by atoms with van der Waals surface area (Å²) in [5.41, 5.74) is 4.76. The topological polar surface area (TPSA) is 55.1 Å². The Balaban J connectivity index is 3.84. The van der Waals surface area contributed by atoms with Crippen LogP contribution in [0.5, 0.6) is 0 Å². The van der Waals surface area contributed by atoms with Gasteiger partial charge in [0, 0.05) is 12.5 Å². The van der Waals surface area contributed by atoms with Crippen molar-refractivity contribution in [1.29, 1.82) is 0 Å². The van der Waals surface area contributed by atoms with Crippen LogP contribution in [0.2, 0.25) is 0 Å². The zero-order chi connectivity index (χ0) is 10.6. The Morgan fingerprint density at radius 1 is 1.46 bits per heavy atom. The maximum atomic E-state index is 11.8. The standard InChI is InChI=1S/C7H13F3N2O/c1-4(2)6(13)12-3-5(11)7(8,9)10/h4-5H,3,11H2,1-2H3,(H,12,13). The molecule has 13 heavy (non-hydrogen) atoms. The first-order chi connectivity index (χ1) is 5.75. The largest absolute Gasteiger partial charge is 0.405 e. The Morgan fingerprint density at radius 3 is 2.23 bits per heavy atom. The van der Waals surface area contributed by atoms with Gasteiger partial charge in [-0.1, -0.05) is 13.8 Å². The van der Waals surface area contributed by atoms with E-state index in [1.165, 1.54) is 0 Å². The van der Waals surface area contributed by atoms with Gasteiger partial charge in [0.05, 0.1) is 0 Å². The summed E-state index contributed by atoms with van der Waals surface area (Å²) < 4.78 is 35.5. The molecule has 0 fully saturated rings. The molecule has 1 unspecified atom stereocenters. The summed E-state index contributed by atoms with van der Waals surface area (Å²) in [4.78, 5) is 10.8. The number of nitrogens with two attached hydrogens (primary N) is 1. The Kier molecular flexibility index (Phi) is 4.19. The molecule has 0 saturated heterocycles. The summed E-state index contributed by atoms with van der Waals surface area (Å²) in [6, 6.07) is -1.99. The number of carbonyl (C=O) groups excluding carboxylic acids is 1. The summed E-state index contributed by atoms with van der Waals surface area (Å²) in [6.07, 6.45) is -4.45. The van der Waals surface area contributed by atoms with Gasteiger partial charge in [0.15, 0.2) is 0 Å². The maximum absolute atomic E-state index is 11.8.